The Bertz CT molecular complexity index is 564. The molecule has 1 unspecified atom stereocenters. The van der Waals surface area contributed by atoms with Crippen molar-refractivity contribution in [2.75, 3.05) is 0 Å². The Balaban J connectivity index is 1.75. The van der Waals surface area contributed by atoms with E-state index in [0.29, 0.717) is 6.42 Å². The summed E-state index contributed by atoms with van der Waals surface area (Å²) >= 11 is 0. The number of carbonyl (C=O) groups excluding carboxylic acids is 1. The minimum Gasteiger partial charge on any atom is -0.508 e. The standard InChI is InChI=1S/C18H21NO2/c1-14(7-8-15-5-3-2-4-6-15)19-18(21)13-16-9-11-17(20)12-10-16/h2-6,9-12,14,20H,7-8,13H2,1H3,(H,19,21). The number of aromatic hydroxyl groups is 1. The van der Waals surface area contributed by atoms with E-state index in [1.807, 2.05) is 25.1 Å². The molecule has 0 saturated carbocycles. The molecule has 2 aromatic rings. The first-order chi connectivity index (χ1) is 10.1. The zero-order chi connectivity index (χ0) is 15.1. The van der Waals surface area contributed by atoms with E-state index >= 15 is 0 Å². The van der Waals surface area contributed by atoms with Crippen LogP contribution in [0.25, 0.3) is 0 Å². The highest BCUT2D eigenvalue weighted by Gasteiger charge is 2.08. The van der Waals surface area contributed by atoms with Gasteiger partial charge in [-0.25, -0.2) is 0 Å². The molecule has 0 radical (unpaired) electrons. The predicted octanol–water partition coefficient (Wildman–Crippen LogP) is 3.07. The van der Waals surface area contributed by atoms with Gasteiger partial charge in [0.1, 0.15) is 5.75 Å². The molecule has 0 aliphatic carbocycles. The first-order valence-corrected chi connectivity index (χ1v) is 7.24. The normalized spacial score (nSPS) is 11.9. The smallest absolute Gasteiger partial charge is 0.224 e. The molecule has 0 fully saturated rings. The molecule has 0 saturated heterocycles. The van der Waals surface area contributed by atoms with Crippen LogP contribution in [0, 0.1) is 0 Å². The minimum absolute atomic E-state index is 0.0150. The Morgan fingerprint density at radius 3 is 2.38 bits per heavy atom. The van der Waals surface area contributed by atoms with Crippen LogP contribution in [-0.2, 0) is 17.6 Å². The summed E-state index contributed by atoms with van der Waals surface area (Å²) in [6.07, 6.45) is 2.22. The average molecular weight is 283 g/mol. The van der Waals surface area contributed by atoms with Crippen molar-refractivity contribution in [2.24, 2.45) is 0 Å². The minimum atomic E-state index is 0.0150. The number of amides is 1. The van der Waals surface area contributed by atoms with Gasteiger partial charge in [-0.15, -0.1) is 0 Å². The summed E-state index contributed by atoms with van der Waals surface area (Å²) in [5.41, 5.74) is 2.19. The summed E-state index contributed by atoms with van der Waals surface area (Å²) in [5.74, 6) is 0.233. The topological polar surface area (TPSA) is 49.3 Å². The number of carbonyl (C=O) groups is 1. The van der Waals surface area contributed by atoms with E-state index in [2.05, 4.69) is 17.4 Å². The summed E-state index contributed by atoms with van der Waals surface area (Å²) < 4.78 is 0. The fraction of sp³-hybridized carbons (Fsp3) is 0.278. The quantitative estimate of drug-likeness (QED) is 0.856. The second kappa shape index (κ2) is 7.48. The van der Waals surface area contributed by atoms with Gasteiger partial charge in [0, 0.05) is 6.04 Å². The molecule has 2 N–H and O–H groups in total. The third-order valence-electron chi connectivity index (χ3n) is 3.42. The van der Waals surface area contributed by atoms with Gasteiger partial charge in [-0.1, -0.05) is 42.5 Å². The Hall–Kier alpha value is -2.29. The van der Waals surface area contributed by atoms with Gasteiger partial charge in [-0.05, 0) is 43.0 Å². The van der Waals surface area contributed by atoms with Crippen molar-refractivity contribution in [3.05, 3.63) is 65.7 Å². The summed E-state index contributed by atoms with van der Waals surface area (Å²) in [6, 6.07) is 17.2. The molecule has 2 rings (SSSR count). The molecule has 110 valence electrons. The maximum atomic E-state index is 11.9. The van der Waals surface area contributed by atoms with Gasteiger partial charge >= 0.3 is 0 Å². The van der Waals surface area contributed by atoms with Crippen molar-refractivity contribution >= 4 is 5.91 Å². The monoisotopic (exact) mass is 283 g/mol. The number of aryl methyl sites for hydroxylation is 1. The zero-order valence-corrected chi connectivity index (χ0v) is 12.3. The van der Waals surface area contributed by atoms with Gasteiger partial charge in [0.05, 0.1) is 6.42 Å². The van der Waals surface area contributed by atoms with Crippen molar-refractivity contribution in [3.8, 4) is 5.75 Å². The number of rotatable bonds is 6. The van der Waals surface area contributed by atoms with Gasteiger partial charge in [-0.3, -0.25) is 4.79 Å². The Kier molecular flexibility index (Phi) is 5.38. The zero-order valence-electron chi connectivity index (χ0n) is 12.3. The molecule has 2 aromatic carbocycles. The molecule has 0 aliphatic rings. The molecular weight excluding hydrogens is 262 g/mol. The fourth-order valence-corrected chi connectivity index (χ4v) is 2.23. The molecule has 0 spiro atoms. The molecule has 0 bridgehead atoms. The Morgan fingerprint density at radius 1 is 1.05 bits per heavy atom. The number of hydrogen-bond acceptors (Lipinski definition) is 2. The number of nitrogens with one attached hydrogen (secondary N) is 1. The van der Waals surface area contributed by atoms with Crippen molar-refractivity contribution in [1.82, 2.24) is 5.32 Å². The van der Waals surface area contributed by atoms with E-state index in [1.165, 1.54) is 5.56 Å². The van der Waals surface area contributed by atoms with Gasteiger partial charge < -0.3 is 10.4 Å². The van der Waals surface area contributed by atoms with Crippen LogP contribution in [0.1, 0.15) is 24.5 Å². The maximum Gasteiger partial charge on any atom is 0.224 e. The lowest BCUT2D eigenvalue weighted by Gasteiger charge is -2.14. The van der Waals surface area contributed by atoms with Gasteiger partial charge in [0.25, 0.3) is 0 Å². The SMILES string of the molecule is CC(CCc1ccccc1)NC(=O)Cc1ccc(O)cc1. The number of hydrogen-bond donors (Lipinski definition) is 2. The summed E-state index contributed by atoms with van der Waals surface area (Å²) in [5, 5.41) is 12.2. The van der Waals surface area contributed by atoms with Gasteiger partial charge in [0.15, 0.2) is 0 Å². The first kappa shape index (κ1) is 15.1. The van der Waals surface area contributed by atoms with Crippen LogP contribution in [0.2, 0.25) is 0 Å². The van der Waals surface area contributed by atoms with Crippen LogP contribution in [0.5, 0.6) is 5.75 Å². The van der Waals surface area contributed by atoms with Gasteiger partial charge in [0.2, 0.25) is 5.91 Å². The summed E-state index contributed by atoms with van der Waals surface area (Å²) in [6.45, 7) is 2.03. The molecule has 1 atom stereocenters. The van der Waals surface area contributed by atoms with Crippen molar-refractivity contribution in [1.29, 1.82) is 0 Å². The largest absolute Gasteiger partial charge is 0.508 e. The van der Waals surface area contributed by atoms with Crippen LogP contribution in [0.4, 0.5) is 0 Å². The van der Waals surface area contributed by atoms with E-state index in [0.717, 1.165) is 18.4 Å². The first-order valence-electron chi connectivity index (χ1n) is 7.24. The molecule has 3 heteroatoms. The number of phenolic OH excluding ortho intramolecular Hbond substituents is 1. The maximum absolute atomic E-state index is 11.9. The van der Waals surface area contributed by atoms with Crippen molar-refractivity contribution in [3.63, 3.8) is 0 Å². The summed E-state index contributed by atoms with van der Waals surface area (Å²) in [4.78, 5) is 11.9. The molecule has 1 amide bonds. The van der Waals surface area contributed by atoms with E-state index in [9.17, 15) is 9.90 Å². The fourth-order valence-electron chi connectivity index (χ4n) is 2.23. The van der Waals surface area contributed by atoms with E-state index in [-0.39, 0.29) is 17.7 Å². The highest BCUT2D eigenvalue weighted by Crippen LogP contribution is 2.10. The van der Waals surface area contributed by atoms with E-state index in [4.69, 9.17) is 0 Å². The molecule has 3 nitrogen and oxygen atoms in total. The third kappa shape index (κ3) is 5.30. The van der Waals surface area contributed by atoms with E-state index in [1.54, 1.807) is 24.3 Å². The highest BCUT2D eigenvalue weighted by atomic mass is 16.3. The Morgan fingerprint density at radius 2 is 1.71 bits per heavy atom. The predicted molar refractivity (Wildman–Crippen MR) is 84.2 cm³/mol. The lowest BCUT2D eigenvalue weighted by Crippen LogP contribution is -2.34. The third-order valence-corrected chi connectivity index (χ3v) is 3.42. The molecule has 0 aromatic heterocycles. The highest BCUT2D eigenvalue weighted by molar-refractivity contribution is 5.78. The van der Waals surface area contributed by atoms with Crippen molar-refractivity contribution in [2.45, 2.75) is 32.2 Å². The van der Waals surface area contributed by atoms with Crippen molar-refractivity contribution < 1.29 is 9.90 Å². The van der Waals surface area contributed by atoms with Crippen LogP contribution in [0.15, 0.2) is 54.6 Å². The van der Waals surface area contributed by atoms with Crippen LogP contribution < -0.4 is 5.32 Å². The molecule has 0 aliphatic heterocycles. The molecule has 0 heterocycles. The average Bonchev–Trinajstić information content (AvgIpc) is 2.48. The second-order valence-electron chi connectivity index (χ2n) is 5.34. The lowest BCUT2D eigenvalue weighted by molar-refractivity contribution is -0.121. The molecule has 21 heavy (non-hydrogen) atoms. The van der Waals surface area contributed by atoms with E-state index < -0.39 is 0 Å². The van der Waals surface area contributed by atoms with Crippen LogP contribution in [-0.4, -0.2) is 17.1 Å². The van der Waals surface area contributed by atoms with Crippen LogP contribution >= 0.6 is 0 Å². The lowest BCUT2D eigenvalue weighted by atomic mass is 10.1. The number of phenols is 1. The van der Waals surface area contributed by atoms with Crippen LogP contribution in [0.3, 0.4) is 0 Å². The number of benzene rings is 2. The second-order valence-corrected chi connectivity index (χ2v) is 5.34. The molecular formula is C18H21NO2. The summed E-state index contributed by atoms with van der Waals surface area (Å²) in [7, 11) is 0. The van der Waals surface area contributed by atoms with Gasteiger partial charge in [-0.2, -0.15) is 0 Å². The Labute approximate surface area is 125 Å².